The fourth-order valence-electron chi connectivity index (χ4n) is 7.61. The zero-order chi connectivity index (χ0) is 34.6. The van der Waals surface area contributed by atoms with Crippen LogP contribution < -0.4 is 0 Å². The van der Waals surface area contributed by atoms with Crippen molar-refractivity contribution in [3.63, 3.8) is 0 Å². The highest BCUT2D eigenvalue weighted by molar-refractivity contribution is 6.26. The van der Waals surface area contributed by atoms with Crippen molar-refractivity contribution >= 4 is 43.6 Å². The molecule has 0 fully saturated rings. The molecule has 52 heavy (non-hydrogen) atoms. The first-order valence-electron chi connectivity index (χ1n) is 17.3. The number of hydrogen-bond acceptors (Lipinski definition) is 3. The number of benzene rings is 7. The molecule has 10 rings (SSSR count). The molecule has 10 aromatic rings. The van der Waals surface area contributed by atoms with E-state index in [0.29, 0.717) is 11.4 Å². The maximum absolute atomic E-state index is 9.39. The van der Waals surface area contributed by atoms with Gasteiger partial charge in [-0.25, -0.2) is 9.97 Å². The number of nitrogens with zero attached hydrogens (tertiary/aromatic N) is 5. The third kappa shape index (κ3) is 4.70. The van der Waals surface area contributed by atoms with Crippen LogP contribution in [-0.4, -0.2) is 19.1 Å². The first kappa shape index (κ1) is 29.6. The van der Waals surface area contributed by atoms with E-state index in [1.54, 1.807) is 0 Å². The Balaban J connectivity index is 1.22. The molecule has 0 aliphatic carbocycles. The van der Waals surface area contributed by atoms with Crippen LogP contribution in [0.3, 0.4) is 0 Å². The third-order valence-corrected chi connectivity index (χ3v) is 9.95. The minimum absolute atomic E-state index is 0.613. The van der Waals surface area contributed by atoms with E-state index in [1.807, 2.05) is 48.5 Å². The number of para-hydroxylation sites is 3. The van der Waals surface area contributed by atoms with Gasteiger partial charge in [-0.05, 0) is 60.7 Å². The van der Waals surface area contributed by atoms with Crippen molar-refractivity contribution in [2.24, 2.45) is 0 Å². The molecule has 0 bridgehead atoms. The summed E-state index contributed by atoms with van der Waals surface area (Å²) < 4.78 is 4.77. The van der Waals surface area contributed by atoms with Gasteiger partial charge in [0.2, 0.25) is 0 Å². The van der Waals surface area contributed by atoms with Crippen molar-refractivity contribution in [3.05, 3.63) is 181 Å². The predicted octanol–water partition coefficient (Wildman–Crippen LogP) is 11.5. The molecule has 242 valence electrons. The molecular weight excluding hydrogens is 635 g/mol. The summed E-state index contributed by atoms with van der Waals surface area (Å²) in [5.41, 5.74) is 11.9. The second kappa shape index (κ2) is 11.9. The van der Waals surface area contributed by atoms with Gasteiger partial charge in [-0.1, -0.05) is 115 Å². The third-order valence-electron chi connectivity index (χ3n) is 9.95. The quantitative estimate of drug-likeness (QED) is 0.184. The summed E-state index contributed by atoms with van der Waals surface area (Å²) in [5, 5.41) is 14.3. The predicted molar refractivity (Wildman–Crippen MR) is 212 cm³/mol. The molecule has 0 saturated carbocycles. The molecule has 0 atom stereocenters. The number of hydrogen-bond donors (Lipinski definition) is 0. The van der Waals surface area contributed by atoms with E-state index in [-0.39, 0.29) is 0 Å². The minimum atomic E-state index is 0.613. The molecule has 0 N–H and O–H groups in total. The second-order valence-corrected chi connectivity index (χ2v) is 13.0. The van der Waals surface area contributed by atoms with Gasteiger partial charge in [0.1, 0.15) is 0 Å². The van der Waals surface area contributed by atoms with E-state index in [1.165, 1.54) is 32.6 Å². The van der Waals surface area contributed by atoms with Crippen molar-refractivity contribution in [1.29, 1.82) is 5.26 Å². The van der Waals surface area contributed by atoms with E-state index in [9.17, 15) is 5.26 Å². The average Bonchev–Trinajstić information content (AvgIpc) is 3.74. The lowest BCUT2D eigenvalue weighted by molar-refractivity contribution is 1.16. The Morgan fingerprint density at radius 2 is 1.02 bits per heavy atom. The molecular formula is C47H29N5. The highest BCUT2D eigenvalue weighted by Gasteiger charge is 2.21. The van der Waals surface area contributed by atoms with Crippen LogP contribution in [0.15, 0.2) is 176 Å². The Bertz CT molecular complexity index is 3000. The maximum atomic E-state index is 9.39. The van der Waals surface area contributed by atoms with Gasteiger partial charge in [-0.2, -0.15) is 5.26 Å². The molecule has 0 unspecified atom stereocenters. The van der Waals surface area contributed by atoms with Crippen molar-refractivity contribution in [2.75, 3.05) is 0 Å². The first-order valence-corrected chi connectivity index (χ1v) is 17.3. The van der Waals surface area contributed by atoms with Gasteiger partial charge in [0.15, 0.2) is 5.82 Å². The summed E-state index contributed by atoms with van der Waals surface area (Å²) in [6.45, 7) is 0. The monoisotopic (exact) mass is 663 g/mol. The smallest absolute Gasteiger partial charge is 0.160 e. The van der Waals surface area contributed by atoms with Crippen molar-refractivity contribution in [1.82, 2.24) is 19.1 Å². The number of rotatable bonds is 5. The molecule has 3 heterocycles. The van der Waals surface area contributed by atoms with Gasteiger partial charge in [0.25, 0.3) is 0 Å². The molecule has 0 saturated heterocycles. The average molecular weight is 664 g/mol. The van der Waals surface area contributed by atoms with Crippen LogP contribution in [0.5, 0.6) is 0 Å². The van der Waals surface area contributed by atoms with Crippen LogP contribution in [0.25, 0.3) is 88.9 Å². The van der Waals surface area contributed by atoms with Crippen LogP contribution >= 0.6 is 0 Å². The maximum Gasteiger partial charge on any atom is 0.160 e. The number of nitriles is 1. The van der Waals surface area contributed by atoms with Gasteiger partial charge >= 0.3 is 0 Å². The normalized spacial score (nSPS) is 11.4. The van der Waals surface area contributed by atoms with E-state index >= 15 is 0 Å². The first-order chi connectivity index (χ1) is 25.7. The summed E-state index contributed by atoms with van der Waals surface area (Å²) in [6, 6.07) is 63.1. The van der Waals surface area contributed by atoms with Crippen molar-refractivity contribution in [3.8, 4) is 51.3 Å². The summed E-state index contributed by atoms with van der Waals surface area (Å²) in [4.78, 5) is 10.2. The van der Waals surface area contributed by atoms with Crippen LogP contribution in [0.4, 0.5) is 0 Å². The molecule has 0 radical (unpaired) electrons. The lowest BCUT2D eigenvalue weighted by Crippen LogP contribution is -1.98. The van der Waals surface area contributed by atoms with Gasteiger partial charge in [-0.15, -0.1) is 0 Å². The van der Waals surface area contributed by atoms with Gasteiger partial charge < -0.3 is 9.13 Å². The van der Waals surface area contributed by atoms with Crippen molar-refractivity contribution in [2.45, 2.75) is 0 Å². The van der Waals surface area contributed by atoms with Crippen LogP contribution in [0, 0.1) is 11.3 Å². The lowest BCUT2D eigenvalue weighted by Gasteiger charge is -2.12. The molecule has 5 heteroatoms. The van der Waals surface area contributed by atoms with E-state index in [2.05, 4.69) is 143 Å². The second-order valence-electron chi connectivity index (χ2n) is 13.0. The van der Waals surface area contributed by atoms with E-state index in [0.717, 1.165) is 50.5 Å². The fraction of sp³-hybridized carbons (Fsp3) is 0. The van der Waals surface area contributed by atoms with Gasteiger partial charge in [0.05, 0.1) is 45.1 Å². The molecule has 5 nitrogen and oxygen atoms in total. The summed E-state index contributed by atoms with van der Waals surface area (Å²) in [6.07, 6.45) is 0. The number of fused-ring (bicyclic) bond motifs is 7. The lowest BCUT2D eigenvalue weighted by atomic mass is 10.1. The van der Waals surface area contributed by atoms with Crippen LogP contribution in [-0.2, 0) is 0 Å². The largest absolute Gasteiger partial charge is 0.309 e. The Kier molecular flexibility index (Phi) is 6.80. The Morgan fingerprint density at radius 3 is 1.75 bits per heavy atom. The zero-order valence-corrected chi connectivity index (χ0v) is 28.0. The van der Waals surface area contributed by atoms with E-state index < -0.39 is 0 Å². The topological polar surface area (TPSA) is 59.4 Å². The molecule has 7 aromatic carbocycles. The summed E-state index contributed by atoms with van der Waals surface area (Å²) in [5.74, 6) is 0.634. The van der Waals surface area contributed by atoms with Crippen LogP contribution in [0.2, 0.25) is 0 Å². The van der Waals surface area contributed by atoms with Crippen LogP contribution in [0.1, 0.15) is 5.56 Å². The molecule has 0 aliphatic rings. The standard InChI is InChI=1S/C47H29N5/c48-30-31-22-24-33(25-23-31)41-29-40(32-12-3-1-4-13-32)49-47(50-41)34-14-11-17-36(28-34)51-43-21-10-8-19-39(43)45-44(51)27-26-38-37-18-7-9-20-42(37)52(46(38)45)35-15-5-2-6-16-35/h1-29H. The van der Waals surface area contributed by atoms with Gasteiger partial charge in [-0.3, -0.25) is 0 Å². The molecule has 0 spiro atoms. The molecule has 3 aromatic heterocycles. The minimum Gasteiger partial charge on any atom is -0.309 e. The van der Waals surface area contributed by atoms with Gasteiger partial charge in [0, 0.05) is 49.6 Å². The highest BCUT2D eigenvalue weighted by atomic mass is 15.0. The summed E-state index contributed by atoms with van der Waals surface area (Å²) in [7, 11) is 0. The van der Waals surface area contributed by atoms with E-state index in [4.69, 9.17) is 9.97 Å². The highest BCUT2D eigenvalue weighted by Crippen LogP contribution is 2.42. The number of aromatic nitrogens is 4. The molecule has 0 amide bonds. The van der Waals surface area contributed by atoms with Crippen molar-refractivity contribution < 1.29 is 0 Å². The Morgan fingerprint density at radius 1 is 0.423 bits per heavy atom. The zero-order valence-electron chi connectivity index (χ0n) is 28.0. The summed E-state index contributed by atoms with van der Waals surface area (Å²) >= 11 is 0. The SMILES string of the molecule is N#Cc1ccc(-c2cc(-c3ccccc3)nc(-c3cccc(-n4c5ccccc5c5c4ccc4c6ccccc6n(-c6ccccc6)c45)c3)n2)cc1. The molecule has 0 aliphatic heterocycles. The fourth-order valence-corrected chi connectivity index (χ4v) is 7.61. The Labute approximate surface area is 299 Å². The Hall–Kier alpha value is -7.29.